The highest BCUT2D eigenvalue weighted by molar-refractivity contribution is 9.10. The molecule has 0 aliphatic carbocycles. The Labute approximate surface area is 146 Å². The van der Waals surface area contributed by atoms with E-state index in [0.717, 1.165) is 26.9 Å². The number of hydrogen-bond acceptors (Lipinski definition) is 2. The van der Waals surface area contributed by atoms with E-state index in [9.17, 15) is 0 Å². The predicted molar refractivity (Wildman–Crippen MR) is 94.2 cm³/mol. The van der Waals surface area contributed by atoms with E-state index in [1.807, 2.05) is 37.3 Å². The van der Waals surface area contributed by atoms with Gasteiger partial charge in [-0.1, -0.05) is 43.5 Å². The molecule has 2 aromatic rings. The molecule has 112 valence electrons. The second-order valence-corrected chi connectivity index (χ2v) is 6.90. The zero-order valence-corrected chi connectivity index (χ0v) is 15.8. The molecular weight excluding hydrogens is 419 g/mol. The zero-order chi connectivity index (χ0) is 15.6. The average Bonchev–Trinajstić information content (AvgIpc) is 2.45. The molecule has 2 rings (SSSR count). The van der Waals surface area contributed by atoms with Gasteiger partial charge in [0, 0.05) is 9.50 Å². The van der Waals surface area contributed by atoms with Crippen LogP contribution in [-0.4, -0.2) is 14.2 Å². The third-order valence-electron chi connectivity index (χ3n) is 3.22. The summed E-state index contributed by atoms with van der Waals surface area (Å²) in [6, 6.07) is 9.82. The minimum absolute atomic E-state index is 0.0207. The number of hydrogen-bond donors (Lipinski definition) is 0. The number of methoxy groups -OCH3 is 2. The summed E-state index contributed by atoms with van der Waals surface area (Å²) in [5.74, 6) is 1.44. The predicted octanol–water partition coefficient (Wildman–Crippen LogP) is 5.91. The second kappa shape index (κ2) is 7.03. The van der Waals surface area contributed by atoms with E-state index in [1.165, 1.54) is 0 Å². The van der Waals surface area contributed by atoms with Crippen LogP contribution in [0.3, 0.4) is 0 Å². The summed E-state index contributed by atoms with van der Waals surface area (Å²) in [5, 5.41) is 0.696. The first-order valence-electron chi connectivity index (χ1n) is 6.29. The molecule has 1 unspecified atom stereocenters. The number of ether oxygens (including phenoxy) is 2. The molecule has 0 spiro atoms. The van der Waals surface area contributed by atoms with Gasteiger partial charge in [0.15, 0.2) is 11.5 Å². The summed E-state index contributed by atoms with van der Waals surface area (Å²) in [4.78, 5) is 0.0207. The van der Waals surface area contributed by atoms with Gasteiger partial charge in [-0.3, -0.25) is 0 Å². The van der Waals surface area contributed by atoms with Crippen molar-refractivity contribution in [2.45, 2.75) is 11.8 Å². The van der Waals surface area contributed by atoms with Crippen LogP contribution in [0.4, 0.5) is 0 Å². The summed E-state index contributed by atoms with van der Waals surface area (Å²) in [5.41, 5.74) is 3.30. The van der Waals surface area contributed by atoms with Crippen molar-refractivity contribution < 1.29 is 9.47 Å². The minimum Gasteiger partial charge on any atom is -0.493 e. The van der Waals surface area contributed by atoms with E-state index in [4.69, 9.17) is 21.1 Å². The van der Waals surface area contributed by atoms with Gasteiger partial charge in [-0.25, -0.2) is 0 Å². The first-order chi connectivity index (χ1) is 9.96. The highest BCUT2D eigenvalue weighted by Gasteiger charge is 2.17. The smallest absolute Gasteiger partial charge is 0.161 e. The fourth-order valence-electron chi connectivity index (χ4n) is 2.17. The lowest BCUT2D eigenvalue weighted by molar-refractivity contribution is 0.354. The summed E-state index contributed by atoms with van der Waals surface area (Å²) < 4.78 is 11.7. The van der Waals surface area contributed by atoms with Crippen LogP contribution >= 0.6 is 43.5 Å². The van der Waals surface area contributed by atoms with Crippen LogP contribution in [-0.2, 0) is 0 Å². The van der Waals surface area contributed by atoms with Gasteiger partial charge in [0.05, 0.1) is 19.0 Å². The van der Waals surface area contributed by atoms with E-state index in [1.54, 1.807) is 14.2 Å². The molecule has 0 aromatic heterocycles. The van der Waals surface area contributed by atoms with Crippen LogP contribution < -0.4 is 9.47 Å². The Morgan fingerprint density at radius 2 is 1.62 bits per heavy atom. The molecule has 0 N–H and O–H groups in total. The Morgan fingerprint density at radius 3 is 2.19 bits per heavy atom. The maximum atomic E-state index is 6.13. The first-order valence-corrected chi connectivity index (χ1v) is 8.37. The number of aryl methyl sites for hydroxylation is 1. The zero-order valence-electron chi connectivity index (χ0n) is 11.9. The lowest BCUT2D eigenvalue weighted by Crippen LogP contribution is -1.99. The van der Waals surface area contributed by atoms with E-state index < -0.39 is 0 Å². The van der Waals surface area contributed by atoms with Crippen molar-refractivity contribution in [3.8, 4) is 11.5 Å². The van der Waals surface area contributed by atoms with Gasteiger partial charge in [-0.05, 0) is 53.9 Å². The van der Waals surface area contributed by atoms with Gasteiger partial charge < -0.3 is 9.47 Å². The third-order valence-corrected chi connectivity index (χ3v) is 4.92. The topological polar surface area (TPSA) is 18.5 Å². The number of halogens is 3. The lowest BCUT2D eigenvalue weighted by Gasteiger charge is -2.17. The van der Waals surface area contributed by atoms with E-state index in [2.05, 4.69) is 31.9 Å². The van der Waals surface area contributed by atoms with Gasteiger partial charge in [-0.15, -0.1) is 0 Å². The van der Waals surface area contributed by atoms with Crippen LogP contribution in [0.2, 0.25) is 5.02 Å². The molecule has 0 aliphatic heterocycles. The first kappa shape index (κ1) is 16.7. The van der Waals surface area contributed by atoms with Crippen molar-refractivity contribution in [2.24, 2.45) is 0 Å². The molecule has 2 nitrogen and oxygen atoms in total. The summed E-state index contributed by atoms with van der Waals surface area (Å²) in [6.07, 6.45) is 0. The van der Waals surface area contributed by atoms with Gasteiger partial charge in [0.2, 0.25) is 0 Å². The highest BCUT2D eigenvalue weighted by atomic mass is 79.9. The van der Waals surface area contributed by atoms with Crippen molar-refractivity contribution in [1.29, 1.82) is 0 Å². The number of alkyl halides is 1. The number of benzene rings is 2. The molecule has 21 heavy (non-hydrogen) atoms. The Balaban J connectivity index is 2.49. The number of rotatable bonds is 4. The monoisotopic (exact) mass is 432 g/mol. The Kier molecular flexibility index (Phi) is 5.58. The largest absolute Gasteiger partial charge is 0.493 e. The van der Waals surface area contributed by atoms with Gasteiger partial charge in [0.25, 0.3) is 0 Å². The summed E-state index contributed by atoms with van der Waals surface area (Å²) in [7, 11) is 3.27. The fraction of sp³-hybridized carbons (Fsp3) is 0.250. The molecule has 2 aromatic carbocycles. The minimum atomic E-state index is 0.0207. The van der Waals surface area contributed by atoms with Gasteiger partial charge in [0.1, 0.15) is 0 Å². The van der Waals surface area contributed by atoms with Crippen LogP contribution in [0, 0.1) is 6.92 Å². The van der Waals surface area contributed by atoms with E-state index in [-0.39, 0.29) is 4.83 Å². The van der Waals surface area contributed by atoms with Crippen LogP contribution in [0.5, 0.6) is 11.5 Å². The Bertz CT molecular complexity index is 639. The molecule has 5 heteroatoms. The molecule has 0 amide bonds. The maximum Gasteiger partial charge on any atom is 0.161 e. The van der Waals surface area contributed by atoms with E-state index >= 15 is 0 Å². The third kappa shape index (κ3) is 3.74. The van der Waals surface area contributed by atoms with Crippen LogP contribution in [0.15, 0.2) is 34.8 Å². The molecule has 1 atom stereocenters. The van der Waals surface area contributed by atoms with Crippen molar-refractivity contribution >= 4 is 43.5 Å². The molecule has 0 saturated heterocycles. The lowest BCUT2D eigenvalue weighted by atomic mass is 9.99. The Hall–Kier alpha value is -0.710. The summed E-state index contributed by atoms with van der Waals surface area (Å²) >= 11 is 13.4. The molecule has 0 bridgehead atoms. The van der Waals surface area contributed by atoms with E-state index in [0.29, 0.717) is 10.8 Å². The second-order valence-electron chi connectivity index (χ2n) is 4.63. The van der Waals surface area contributed by atoms with Crippen molar-refractivity contribution in [3.05, 3.63) is 56.5 Å². The van der Waals surface area contributed by atoms with Crippen molar-refractivity contribution in [1.82, 2.24) is 0 Å². The van der Waals surface area contributed by atoms with Crippen LogP contribution in [0.25, 0.3) is 0 Å². The molecule has 0 saturated carbocycles. The molecular formula is C16H15Br2ClO2. The van der Waals surface area contributed by atoms with Gasteiger partial charge >= 0.3 is 0 Å². The Morgan fingerprint density at radius 1 is 1.00 bits per heavy atom. The molecule has 0 aliphatic rings. The molecule has 0 radical (unpaired) electrons. The standard InChI is InChI=1S/C16H15Br2ClO2/c1-9-4-14(20-2)15(21-3)8-13(9)16(18)10-5-11(17)7-12(19)6-10/h4-8,16H,1-3H3. The van der Waals surface area contributed by atoms with Crippen molar-refractivity contribution in [2.75, 3.05) is 14.2 Å². The average molecular weight is 435 g/mol. The molecule has 0 fully saturated rings. The fourth-order valence-corrected chi connectivity index (χ4v) is 3.81. The van der Waals surface area contributed by atoms with Crippen LogP contribution in [0.1, 0.15) is 21.5 Å². The highest BCUT2D eigenvalue weighted by Crippen LogP contribution is 2.40. The maximum absolute atomic E-state index is 6.13. The SMILES string of the molecule is COc1cc(C)c(C(Br)c2cc(Cl)cc(Br)c2)cc1OC. The van der Waals surface area contributed by atoms with Gasteiger partial charge in [-0.2, -0.15) is 0 Å². The van der Waals surface area contributed by atoms with Crippen molar-refractivity contribution in [3.63, 3.8) is 0 Å². The normalized spacial score (nSPS) is 12.1. The quantitative estimate of drug-likeness (QED) is 0.557. The summed E-state index contributed by atoms with van der Waals surface area (Å²) in [6.45, 7) is 2.05. The molecule has 0 heterocycles.